The third-order valence-electron chi connectivity index (χ3n) is 2.20. The number of pyridine rings is 1. The number of halogens is 1. The summed E-state index contributed by atoms with van der Waals surface area (Å²) in [6.45, 7) is 3.14. The molecule has 1 N–H and O–H groups in total. The van der Waals surface area contributed by atoms with Crippen LogP contribution in [0.25, 0.3) is 0 Å². The van der Waals surface area contributed by atoms with E-state index in [1.807, 2.05) is 0 Å². The molecule has 0 saturated heterocycles. The highest BCUT2D eigenvalue weighted by Gasteiger charge is 2.15. The van der Waals surface area contributed by atoms with Crippen LogP contribution in [0.1, 0.15) is 30.1 Å². The van der Waals surface area contributed by atoms with E-state index in [0.29, 0.717) is 13.2 Å². The summed E-state index contributed by atoms with van der Waals surface area (Å²) >= 11 is 0. The van der Waals surface area contributed by atoms with Gasteiger partial charge in [-0.3, -0.25) is 0 Å². The lowest BCUT2D eigenvalue weighted by Crippen LogP contribution is -2.11. The smallest absolute Gasteiger partial charge is 0.338 e. The summed E-state index contributed by atoms with van der Waals surface area (Å²) in [6.07, 6.45) is 3.19. The molecule has 100 valence electrons. The van der Waals surface area contributed by atoms with Crippen molar-refractivity contribution in [3.8, 4) is 5.88 Å². The lowest BCUT2D eigenvalue weighted by molar-refractivity contribution is 0.0688. The van der Waals surface area contributed by atoms with Crippen molar-refractivity contribution in [2.24, 2.45) is 0 Å². The molecule has 0 spiro atoms. The second-order valence-corrected chi connectivity index (χ2v) is 3.60. The molecule has 0 aromatic carbocycles. The highest BCUT2D eigenvalue weighted by Crippen LogP contribution is 2.17. The first kappa shape index (κ1) is 14.4. The van der Waals surface area contributed by atoms with E-state index in [0.717, 1.165) is 18.9 Å². The van der Waals surface area contributed by atoms with Crippen LogP contribution in [0.2, 0.25) is 0 Å². The minimum Gasteiger partial charge on any atom is -0.478 e. The second-order valence-electron chi connectivity index (χ2n) is 3.60. The molecule has 6 heteroatoms. The van der Waals surface area contributed by atoms with Gasteiger partial charge in [-0.1, -0.05) is 13.3 Å². The first-order chi connectivity index (χ1) is 8.66. The standard InChI is InChI=1S/C12H16FNO4/c1-2-3-6-17-7-8-18-11-10(13)9(12(15)16)4-5-14-11/h4-5H,2-3,6-8H2,1H3,(H,15,16). The highest BCUT2D eigenvalue weighted by molar-refractivity contribution is 5.88. The van der Waals surface area contributed by atoms with Crippen molar-refractivity contribution in [3.05, 3.63) is 23.6 Å². The van der Waals surface area contributed by atoms with E-state index in [2.05, 4.69) is 11.9 Å². The van der Waals surface area contributed by atoms with Crippen LogP contribution in [0.5, 0.6) is 5.88 Å². The predicted octanol–water partition coefficient (Wildman–Crippen LogP) is 2.11. The molecule has 18 heavy (non-hydrogen) atoms. The molecule has 5 nitrogen and oxygen atoms in total. The SMILES string of the molecule is CCCCOCCOc1nccc(C(=O)O)c1F. The van der Waals surface area contributed by atoms with E-state index in [-0.39, 0.29) is 12.5 Å². The Hall–Kier alpha value is -1.69. The number of aromatic carboxylic acids is 1. The Balaban J connectivity index is 2.43. The summed E-state index contributed by atoms with van der Waals surface area (Å²) in [5, 5.41) is 8.71. The number of carbonyl (C=O) groups is 1. The molecule has 0 aliphatic rings. The fourth-order valence-electron chi connectivity index (χ4n) is 1.24. The molecule has 0 unspecified atom stereocenters. The Bertz CT molecular complexity index is 398. The Morgan fingerprint density at radius 2 is 2.22 bits per heavy atom. The third-order valence-corrected chi connectivity index (χ3v) is 2.20. The summed E-state index contributed by atoms with van der Waals surface area (Å²) < 4.78 is 23.8. The Labute approximate surface area is 105 Å². The van der Waals surface area contributed by atoms with Crippen molar-refractivity contribution in [2.75, 3.05) is 19.8 Å². The van der Waals surface area contributed by atoms with Crippen molar-refractivity contribution in [3.63, 3.8) is 0 Å². The van der Waals surface area contributed by atoms with Gasteiger partial charge in [-0.15, -0.1) is 0 Å². The van der Waals surface area contributed by atoms with Crippen molar-refractivity contribution in [1.82, 2.24) is 4.98 Å². The molecule has 1 heterocycles. The van der Waals surface area contributed by atoms with Crippen molar-refractivity contribution in [2.45, 2.75) is 19.8 Å². The Kier molecular flexibility index (Phi) is 6.07. The minimum atomic E-state index is -1.35. The van der Waals surface area contributed by atoms with E-state index in [9.17, 15) is 9.18 Å². The second kappa shape index (κ2) is 7.60. The first-order valence-electron chi connectivity index (χ1n) is 5.75. The number of unbranched alkanes of at least 4 members (excludes halogenated alkanes) is 1. The predicted molar refractivity (Wildman–Crippen MR) is 62.4 cm³/mol. The zero-order valence-electron chi connectivity index (χ0n) is 10.2. The van der Waals surface area contributed by atoms with Crippen LogP contribution in [0.3, 0.4) is 0 Å². The lowest BCUT2D eigenvalue weighted by atomic mass is 10.2. The number of rotatable bonds is 8. The molecule has 0 saturated carbocycles. The number of hydrogen-bond acceptors (Lipinski definition) is 4. The lowest BCUT2D eigenvalue weighted by Gasteiger charge is -2.07. The van der Waals surface area contributed by atoms with Crippen LogP contribution in [-0.4, -0.2) is 35.9 Å². The molecule has 0 atom stereocenters. The van der Waals surface area contributed by atoms with E-state index < -0.39 is 17.3 Å². The largest absolute Gasteiger partial charge is 0.478 e. The van der Waals surface area contributed by atoms with Crippen LogP contribution in [0, 0.1) is 5.82 Å². The molecule has 0 amide bonds. The number of carboxylic acid groups (broad SMARTS) is 1. The molecule has 0 aliphatic heterocycles. The van der Waals surface area contributed by atoms with Crippen LogP contribution in [-0.2, 0) is 4.74 Å². The summed E-state index contributed by atoms with van der Waals surface area (Å²) in [6, 6.07) is 1.09. The summed E-state index contributed by atoms with van der Waals surface area (Å²) in [5.41, 5.74) is -0.452. The summed E-state index contributed by atoms with van der Waals surface area (Å²) in [5.74, 6) is -2.62. The fraction of sp³-hybridized carbons (Fsp3) is 0.500. The van der Waals surface area contributed by atoms with E-state index in [4.69, 9.17) is 14.6 Å². The molecule has 0 bridgehead atoms. The van der Waals surface area contributed by atoms with E-state index >= 15 is 0 Å². The van der Waals surface area contributed by atoms with Crippen LogP contribution in [0.15, 0.2) is 12.3 Å². The molecular weight excluding hydrogens is 241 g/mol. The Morgan fingerprint density at radius 3 is 2.89 bits per heavy atom. The maximum atomic E-state index is 13.5. The van der Waals surface area contributed by atoms with Gasteiger partial charge in [-0.2, -0.15) is 0 Å². The minimum absolute atomic E-state index is 0.136. The average Bonchev–Trinajstić information content (AvgIpc) is 2.35. The van der Waals surface area contributed by atoms with Gasteiger partial charge < -0.3 is 14.6 Å². The zero-order valence-corrected chi connectivity index (χ0v) is 10.2. The van der Waals surface area contributed by atoms with Gasteiger partial charge in [0, 0.05) is 12.8 Å². The zero-order chi connectivity index (χ0) is 13.4. The first-order valence-corrected chi connectivity index (χ1v) is 5.75. The summed E-state index contributed by atoms with van der Waals surface area (Å²) in [7, 11) is 0. The molecule has 0 radical (unpaired) electrons. The molecule has 1 rings (SSSR count). The number of ether oxygens (including phenoxy) is 2. The Morgan fingerprint density at radius 1 is 1.44 bits per heavy atom. The van der Waals surface area contributed by atoms with Crippen LogP contribution >= 0.6 is 0 Å². The van der Waals surface area contributed by atoms with Crippen molar-refractivity contribution >= 4 is 5.97 Å². The normalized spacial score (nSPS) is 10.3. The van der Waals surface area contributed by atoms with E-state index in [1.54, 1.807) is 0 Å². The van der Waals surface area contributed by atoms with Gasteiger partial charge in [0.05, 0.1) is 6.61 Å². The van der Waals surface area contributed by atoms with Gasteiger partial charge in [-0.25, -0.2) is 14.2 Å². The van der Waals surface area contributed by atoms with Crippen molar-refractivity contribution in [1.29, 1.82) is 0 Å². The van der Waals surface area contributed by atoms with Gasteiger partial charge in [0.25, 0.3) is 5.88 Å². The monoisotopic (exact) mass is 257 g/mol. The summed E-state index contributed by atoms with van der Waals surface area (Å²) in [4.78, 5) is 14.3. The number of carboxylic acids is 1. The number of nitrogens with zero attached hydrogens (tertiary/aromatic N) is 1. The molecule has 0 aliphatic carbocycles. The molecular formula is C12H16FNO4. The maximum absolute atomic E-state index is 13.5. The van der Waals surface area contributed by atoms with Gasteiger partial charge in [0.2, 0.25) is 0 Å². The van der Waals surface area contributed by atoms with Gasteiger partial charge in [0.15, 0.2) is 5.82 Å². The van der Waals surface area contributed by atoms with Gasteiger partial charge in [-0.05, 0) is 12.5 Å². The number of aromatic nitrogens is 1. The molecule has 1 aromatic rings. The quantitative estimate of drug-likeness (QED) is 0.722. The topological polar surface area (TPSA) is 68.7 Å². The highest BCUT2D eigenvalue weighted by atomic mass is 19.1. The van der Waals surface area contributed by atoms with Crippen molar-refractivity contribution < 1.29 is 23.8 Å². The van der Waals surface area contributed by atoms with Gasteiger partial charge in [0.1, 0.15) is 12.2 Å². The maximum Gasteiger partial charge on any atom is 0.338 e. The molecule has 1 aromatic heterocycles. The van der Waals surface area contributed by atoms with Crippen LogP contribution < -0.4 is 4.74 Å². The third kappa shape index (κ3) is 4.29. The fourth-order valence-corrected chi connectivity index (χ4v) is 1.24. The van der Waals surface area contributed by atoms with E-state index in [1.165, 1.54) is 6.20 Å². The van der Waals surface area contributed by atoms with Crippen LogP contribution in [0.4, 0.5) is 4.39 Å². The number of hydrogen-bond donors (Lipinski definition) is 1. The molecule has 0 fully saturated rings. The average molecular weight is 257 g/mol. The van der Waals surface area contributed by atoms with Gasteiger partial charge >= 0.3 is 5.97 Å².